The summed E-state index contributed by atoms with van der Waals surface area (Å²) in [7, 11) is 2.17. The second kappa shape index (κ2) is 9.46. The molecular formula is C25H33N7O. The number of nitriles is 1. The molecule has 0 unspecified atom stereocenters. The Balaban J connectivity index is 1.48. The number of piperazine rings is 1. The van der Waals surface area contributed by atoms with Gasteiger partial charge in [-0.25, -0.2) is 14.8 Å². The van der Waals surface area contributed by atoms with Crippen LogP contribution in [0.5, 0.6) is 0 Å². The van der Waals surface area contributed by atoms with Gasteiger partial charge in [-0.05, 0) is 23.6 Å². The van der Waals surface area contributed by atoms with E-state index in [-0.39, 0.29) is 17.3 Å². The predicted molar refractivity (Wildman–Crippen MR) is 127 cm³/mol. The molecule has 1 fully saturated rings. The van der Waals surface area contributed by atoms with E-state index in [2.05, 4.69) is 71.9 Å². The highest BCUT2D eigenvalue weighted by molar-refractivity contribution is 5.93. The first-order valence-electron chi connectivity index (χ1n) is 11.5. The van der Waals surface area contributed by atoms with Crippen LogP contribution in [0, 0.1) is 16.7 Å². The lowest BCUT2D eigenvalue weighted by atomic mass is 9.95. The zero-order chi connectivity index (χ0) is 23.6. The van der Waals surface area contributed by atoms with Gasteiger partial charge in [-0.15, -0.1) is 0 Å². The molecule has 2 aromatic rings. The highest BCUT2D eigenvalue weighted by Gasteiger charge is 2.34. The summed E-state index contributed by atoms with van der Waals surface area (Å²) in [5.74, 6) is 0.644. The van der Waals surface area contributed by atoms with Crippen LogP contribution in [0.3, 0.4) is 0 Å². The van der Waals surface area contributed by atoms with Crippen molar-refractivity contribution in [1.82, 2.24) is 24.7 Å². The SMILES string of the molecule is CN1CCN(Cc2ccc(CN3Cc4cnc(C#N)nc4N(CC(C)(C)C)C3=O)cc2)CC1. The van der Waals surface area contributed by atoms with Crippen LogP contribution in [0.4, 0.5) is 10.6 Å². The first-order chi connectivity index (χ1) is 15.7. The minimum absolute atomic E-state index is 0.0819. The van der Waals surface area contributed by atoms with Crippen molar-refractivity contribution in [1.29, 1.82) is 5.26 Å². The Morgan fingerprint density at radius 1 is 1.03 bits per heavy atom. The third kappa shape index (κ3) is 5.67. The molecule has 0 aliphatic carbocycles. The molecule has 4 rings (SSSR count). The summed E-state index contributed by atoms with van der Waals surface area (Å²) in [6, 6.07) is 10.5. The Bertz CT molecular complexity index is 1030. The number of urea groups is 1. The number of benzene rings is 1. The molecule has 1 saturated heterocycles. The number of hydrogen-bond donors (Lipinski definition) is 0. The van der Waals surface area contributed by atoms with E-state index in [1.165, 1.54) is 5.56 Å². The lowest BCUT2D eigenvalue weighted by Gasteiger charge is -2.38. The summed E-state index contributed by atoms with van der Waals surface area (Å²) in [6.07, 6.45) is 1.68. The van der Waals surface area contributed by atoms with Crippen LogP contribution < -0.4 is 4.90 Å². The summed E-state index contributed by atoms with van der Waals surface area (Å²) in [4.78, 5) is 30.3. The third-order valence-corrected chi connectivity index (χ3v) is 6.09. The minimum Gasteiger partial charge on any atom is -0.315 e. The summed E-state index contributed by atoms with van der Waals surface area (Å²) >= 11 is 0. The van der Waals surface area contributed by atoms with E-state index in [1.807, 2.05) is 11.0 Å². The van der Waals surface area contributed by atoms with Gasteiger partial charge in [-0.3, -0.25) is 9.80 Å². The average Bonchev–Trinajstić information content (AvgIpc) is 2.78. The Morgan fingerprint density at radius 3 is 2.27 bits per heavy atom. The normalized spacial score (nSPS) is 17.7. The van der Waals surface area contributed by atoms with E-state index in [4.69, 9.17) is 0 Å². The molecule has 8 nitrogen and oxygen atoms in total. The number of carbonyl (C=O) groups is 1. The van der Waals surface area contributed by atoms with Gasteiger partial charge in [0.15, 0.2) is 0 Å². The van der Waals surface area contributed by atoms with Crippen molar-refractivity contribution in [3.8, 4) is 6.07 Å². The van der Waals surface area contributed by atoms with Crippen LogP contribution in [0.25, 0.3) is 0 Å². The zero-order valence-electron chi connectivity index (χ0n) is 20.1. The maximum Gasteiger partial charge on any atom is 0.326 e. The van der Waals surface area contributed by atoms with E-state index in [0.29, 0.717) is 25.5 Å². The molecule has 0 radical (unpaired) electrons. The van der Waals surface area contributed by atoms with Crippen molar-refractivity contribution in [2.75, 3.05) is 44.7 Å². The molecule has 174 valence electrons. The molecule has 2 aliphatic rings. The number of fused-ring (bicyclic) bond motifs is 1. The van der Waals surface area contributed by atoms with Crippen LogP contribution in [0.1, 0.15) is 43.3 Å². The largest absolute Gasteiger partial charge is 0.326 e. The first-order valence-corrected chi connectivity index (χ1v) is 11.5. The highest BCUT2D eigenvalue weighted by atomic mass is 16.2. The van der Waals surface area contributed by atoms with E-state index in [1.54, 1.807) is 11.1 Å². The molecule has 2 aliphatic heterocycles. The fourth-order valence-electron chi connectivity index (χ4n) is 4.31. The predicted octanol–water partition coefficient (Wildman–Crippen LogP) is 3.08. The minimum atomic E-state index is -0.112. The topological polar surface area (TPSA) is 79.6 Å². The Hall–Kier alpha value is -3.02. The summed E-state index contributed by atoms with van der Waals surface area (Å²) < 4.78 is 0. The number of rotatable bonds is 5. The first kappa shape index (κ1) is 23.1. The molecule has 8 heteroatoms. The van der Waals surface area contributed by atoms with Gasteiger partial charge in [0.25, 0.3) is 0 Å². The zero-order valence-corrected chi connectivity index (χ0v) is 20.1. The van der Waals surface area contributed by atoms with Crippen molar-refractivity contribution >= 4 is 11.8 Å². The number of carbonyl (C=O) groups excluding carboxylic acids is 1. The fourth-order valence-corrected chi connectivity index (χ4v) is 4.31. The van der Waals surface area contributed by atoms with Gasteiger partial charge >= 0.3 is 6.03 Å². The number of hydrogen-bond acceptors (Lipinski definition) is 6. The summed E-state index contributed by atoms with van der Waals surface area (Å²) in [6.45, 7) is 13.1. The molecule has 0 saturated carbocycles. The standard InChI is InChI=1S/C25H33N7O/c1-25(2,3)18-32-23-21(14-27-22(13-26)28-23)17-31(24(32)33)16-20-7-5-19(6-8-20)15-30-11-9-29(4)10-12-30/h5-8,14H,9-12,15-18H2,1-4H3. The third-order valence-electron chi connectivity index (χ3n) is 6.09. The number of nitrogens with zero attached hydrogens (tertiary/aromatic N) is 7. The molecule has 0 atom stereocenters. The van der Waals surface area contributed by atoms with Crippen LogP contribution >= 0.6 is 0 Å². The second-order valence-corrected chi connectivity index (χ2v) is 10.3. The molecule has 0 spiro atoms. The number of aromatic nitrogens is 2. The van der Waals surface area contributed by atoms with Gasteiger partial charge in [0.1, 0.15) is 11.9 Å². The molecule has 1 aromatic heterocycles. The molecule has 0 N–H and O–H groups in total. The van der Waals surface area contributed by atoms with E-state index in [0.717, 1.165) is 43.9 Å². The monoisotopic (exact) mass is 447 g/mol. The van der Waals surface area contributed by atoms with Crippen molar-refractivity contribution in [3.05, 3.63) is 53.0 Å². The number of anilines is 1. The summed E-state index contributed by atoms with van der Waals surface area (Å²) in [5, 5.41) is 9.21. The van der Waals surface area contributed by atoms with Gasteiger partial charge < -0.3 is 9.80 Å². The lowest BCUT2D eigenvalue weighted by molar-refractivity contribution is 0.148. The highest BCUT2D eigenvalue weighted by Crippen LogP contribution is 2.30. The number of likely N-dealkylation sites (N-methyl/N-ethyl adjacent to an activating group) is 1. The van der Waals surface area contributed by atoms with Crippen molar-refractivity contribution in [2.45, 2.75) is 40.4 Å². The molecule has 1 aromatic carbocycles. The van der Waals surface area contributed by atoms with E-state index in [9.17, 15) is 10.1 Å². The molecule has 33 heavy (non-hydrogen) atoms. The molecule has 3 heterocycles. The quantitative estimate of drug-likeness (QED) is 0.701. The maximum atomic E-state index is 13.4. The van der Waals surface area contributed by atoms with Gasteiger partial charge in [-0.1, -0.05) is 45.0 Å². The fraction of sp³-hybridized carbons (Fsp3) is 0.520. The van der Waals surface area contributed by atoms with Crippen molar-refractivity contribution in [2.24, 2.45) is 5.41 Å². The molecule has 0 bridgehead atoms. The second-order valence-electron chi connectivity index (χ2n) is 10.3. The van der Waals surface area contributed by atoms with E-state index >= 15 is 0 Å². The number of amides is 2. The van der Waals surface area contributed by atoms with Gasteiger partial charge in [0, 0.05) is 57.6 Å². The van der Waals surface area contributed by atoms with Crippen LogP contribution in [0.15, 0.2) is 30.5 Å². The van der Waals surface area contributed by atoms with Crippen molar-refractivity contribution in [3.63, 3.8) is 0 Å². The Kier molecular flexibility index (Phi) is 6.63. The van der Waals surface area contributed by atoms with Crippen LogP contribution in [-0.4, -0.2) is 70.5 Å². The Labute approximate surface area is 196 Å². The van der Waals surface area contributed by atoms with Crippen LogP contribution in [0.2, 0.25) is 0 Å². The Morgan fingerprint density at radius 2 is 1.67 bits per heavy atom. The molecular weight excluding hydrogens is 414 g/mol. The van der Waals surface area contributed by atoms with Crippen molar-refractivity contribution < 1.29 is 4.79 Å². The maximum absolute atomic E-state index is 13.4. The van der Waals surface area contributed by atoms with Gasteiger partial charge in [-0.2, -0.15) is 5.26 Å². The van der Waals surface area contributed by atoms with E-state index < -0.39 is 0 Å². The average molecular weight is 448 g/mol. The lowest BCUT2D eigenvalue weighted by Crippen LogP contribution is -2.50. The summed E-state index contributed by atoms with van der Waals surface area (Å²) in [5.41, 5.74) is 3.15. The van der Waals surface area contributed by atoms with Gasteiger partial charge in [0.2, 0.25) is 5.82 Å². The van der Waals surface area contributed by atoms with Gasteiger partial charge in [0.05, 0.1) is 6.54 Å². The molecule has 2 amide bonds. The van der Waals surface area contributed by atoms with Crippen LogP contribution in [-0.2, 0) is 19.6 Å². The smallest absolute Gasteiger partial charge is 0.315 e.